The molecule has 1 aromatic rings. The Balaban J connectivity index is 3.07. The first-order chi connectivity index (χ1) is 8.99. The number of nitro groups is 1. The molecule has 0 aliphatic heterocycles. The second-order valence-corrected chi connectivity index (χ2v) is 4.46. The van der Waals surface area contributed by atoms with Crippen LogP contribution in [0.1, 0.15) is 39.5 Å². The van der Waals surface area contributed by atoms with Gasteiger partial charge in [-0.3, -0.25) is 10.1 Å². The molecule has 0 atom stereocenters. The minimum atomic E-state index is -0.947. The van der Waals surface area contributed by atoms with Crippen LogP contribution in [0, 0.1) is 21.7 Å². The number of nitrogens with one attached hydrogen (secondary N) is 1. The summed E-state index contributed by atoms with van der Waals surface area (Å²) in [5.41, 5.74) is -0.784. The first-order valence-corrected chi connectivity index (χ1v) is 6.39. The van der Waals surface area contributed by atoms with E-state index in [2.05, 4.69) is 5.32 Å². The molecule has 6 heteroatoms. The van der Waals surface area contributed by atoms with Crippen molar-refractivity contribution in [3.63, 3.8) is 0 Å². The normalized spacial score (nSPS) is 10.8. The van der Waals surface area contributed by atoms with Crippen LogP contribution in [0.2, 0.25) is 0 Å². The van der Waals surface area contributed by atoms with Crippen LogP contribution in [0.4, 0.5) is 20.2 Å². The van der Waals surface area contributed by atoms with E-state index in [4.69, 9.17) is 0 Å². The monoisotopic (exact) mass is 272 g/mol. The lowest BCUT2D eigenvalue weighted by molar-refractivity contribution is -0.384. The lowest BCUT2D eigenvalue weighted by atomic mass is 10.1. The first-order valence-electron chi connectivity index (χ1n) is 6.39. The standard InChI is InChI=1S/C13H18F2N2O2/c1-3-5-10(6-4-2)16-13-11(15)7-9(14)8-12(13)17(18)19/h7-8,10,16H,3-6H2,1-2H3. The molecule has 0 saturated heterocycles. The molecule has 0 amide bonds. The van der Waals surface area contributed by atoms with Crippen LogP contribution in [-0.2, 0) is 0 Å². The van der Waals surface area contributed by atoms with E-state index in [-0.39, 0.29) is 11.7 Å². The highest BCUT2D eigenvalue weighted by molar-refractivity contribution is 5.62. The Bertz CT molecular complexity index is 447. The summed E-state index contributed by atoms with van der Waals surface area (Å²) >= 11 is 0. The number of halogens is 2. The van der Waals surface area contributed by atoms with E-state index in [1.54, 1.807) is 0 Å². The van der Waals surface area contributed by atoms with Crippen LogP contribution < -0.4 is 5.32 Å². The number of rotatable bonds is 7. The quantitative estimate of drug-likeness (QED) is 0.596. The summed E-state index contributed by atoms with van der Waals surface area (Å²) in [4.78, 5) is 10.1. The van der Waals surface area contributed by atoms with Gasteiger partial charge in [-0.1, -0.05) is 26.7 Å². The fourth-order valence-corrected chi connectivity index (χ4v) is 2.04. The predicted octanol–water partition coefficient (Wildman–Crippen LogP) is 4.25. The molecule has 4 nitrogen and oxygen atoms in total. The van der Waals surface area contributed by atoms with E-state index < -0.39 is 22.2 Å². The van der Waals surface area contributed by atoms with Crippen LogP contribution in [0.3, 0.4) is 0 Å². The zero-order chi connectivity index (χ0) is 14.4. The zero-order valence-corrected chi connectivity index (χ0v) is 11.1. The molecule has 0 radical (unpaired) electrons. The molecule has 106 valence electrons. The van der Waals surface area contributed by atoms with Gasteiger partial charge in [-0.15, -0.1) is 0 Å². The SMILES string of the molecule is CCCC(CCC)Nc1c(F)cc(F)cc1[N+](=O)[O-]. The predicted molar refractivity (Wildman–Crippen MR) is 70.2 cm³/mol. The zero-order valence-electron chi connectivity index (χ0n) is 11.1. The van der Waals surface area contributed by atoms with E-state index in [0.717, 1.165) is 31.7 Å². The molecule has 0 fully saturated rings. The van der Waals surface area contributed by atoms with Crippen LogP contribution in [0.5, 0.6) is 0 Å². The molecule has 0 aliphatic rings. The molecule has 1 aromatic carbocycles. The highest BCUT2D eigenvalue weighted by Crippen LogP contribution is 2.30. The van der Waals surface area contributed by atoms with Crippen molar-refractivity contribution < 1.29 is 13.7 Å². The van der Waals surface area contributed by atoms with Crippen molar-refractivity contribution >= 4 is 11.4 Å². The van der Waals surface area contributed by atoms with Crippen molar-refractivity contribution in [3.05, 3.63) is 33.9 Å². The number of nitrogens with zero attached hydrogens (tertiary/aromatic N) is 1. The number of hydrogen-bond donors (Lipinski definition) is 1. The molecule has 19 heavy (non-hydrogen) atoms. The Morgan fingerprint density at radius 2 is 1.84 bits per heavy atom. The van der Waals surface area contributed by atoms with E-state index >= 15 is 0 Å². The van der Waals surface area contributed by atoms with Gasteiger partial charge in [-0.2, -0.15) is 0 Å². The van der Waals surface area contributed by atoms with Crippen LogP contribution in [0.15, 0.2) is 12.1 Å². The maximum Gasteiger partial charge on any atom is 0.298 e. The maximum atomic E-state index is 13.7. The van der Waals surface area contributed by atoms with Crippen molar-refractivity contribution in [1.29, 1.82) is 0 Å². The Morgan fingerprint density at radius 1 is 1.26 bits per heavy atom. The fraction of sp³-hybridized carbons (Fsp3) is 0.538. The lowest BCUT2D eigenvalue weighted by Gasteiger charge is -2.19. The van der Waals surface area contributed by atoms with E-state index in [1.165, 1.54) is 0 Å². The minimum Gasteiger partial charge on any atom is -0.374 e. The number of hydrogen-bond acceptors (Lipinski definition) is 3. The fourth-order valence-electron chi connectivity index (χ4n) is 2.04. The summed E-state index contributed by atoms with van der Waals surface area (Å²) in [5, 5.41) is 13.7. The van der Waals surface area contributed by atoms with Crippen molar-refractivity contribution in [2.45, 2.75) is 45.6 Å². The van der Waals surface area contributed by atoms with Crippen molar-refractivity contribution in [3.8, 4) is 0 Å². The molecule has 1 rings (SSSR count). The molecule has 0 aliphatic carbocycles. The Labute approximate surface area is 111 Å². The third-order valence-corrected chi connectivity index (χ3v) is 2.85. The van der Waals surface area contributed by atoms with E-state index in [9.17, 15) is 18.9 Å². The van der Waals surface area contributed by atoms with Gasteiger partial charge >= 0.3 is 0 Å². The Kier molecular flexibility index (Phi) is 5.66. The Morgan fingerprint density at radius 3 is 2.32 bits per heavy atom. The molecule has 0 heterocycles. The summed E-state index contributed by atoms with van der Waals surface area (Å²) in [6.07, 6.45) is 3.33. The average Bonchev–Trinajstić information content (AvgIpc) is 2.32. The van der Waals surface area contributed by atoms with Crippen molar-refractivity contribution in [2.24, 2.45) is 0 Å². The molecule has 0 saturated carbocycles. The van der Waals surface area contributed by atoms with E-state index in [1.807, 2.05) is 13.8 Å². The lowest BCUT2D eigenvalue weighted by Crippen LogP contribution is -2.20. The van der Waals surface area contributed by atoms with Gasteiger partial charge in [0.15, 0.2) is 5.82 Å². The van der Waals surface area contributed by atoms with Gasteiger partial charge in [-0.25, -0.2) is 8.78 Å². The van der Waals surface area contributed by atoms with Crippen molar-refractivity contribution in [1.82, 2.24) is 0 Å². The van der Waals surface area contributed by atoms with Gasteiger partial charge in [0, 0.05) is 12.1 Å². The summed E-state index contributed by atoms with van der Waals surface area (Å²) in [6, 6.07) is 1.35. The molecular weight excluding hydrogens is 254 g/mol. The smallest absolute Gasteiger partial charge is 0.298 e. The Hall–Kier alpha value is -1.72. The highest BCUT2D eigenvalue weighted by atomic mass is 19.1. The van der Waals surface area contributed by atoms with Crippen molar-refractivity contribution in [2.75, 3.05) is 5.32 Å². The molecule has 0 aromatic heterocycles. The van der Waals surface area contributed by atoms with Gasteiger partial charge in [-0.05, 0) is 12.8 Å². The molecule has 0 unspecified atom stereocenters. The van der Waals surface area contributed by atoms with Gasteiger partial charge in [0.1, 0.15) is 11.5 Å². The number of benzene rings is 1. The second-order valence-electron chi connectivity index (χ2n) is 4.46. The molecular formula is C13H18F2N2O2. The molecule has 1 N–H and O–H groups in total. The van der Waals surface area contributed by atoms with Crippen LogP contribution in [0.25, 0.3) is 0 Å². The third-order valence-electron chi connectivity index (χ3n) is 2.85. The first kappa shape index (κ1) is 15.3. The van der Waals surface area contributed by atoms with E-state index in [0.29, 0.717) is 6.07 Å². The van der Waals surface area contributed by atoms with Gasteiger partial charge in [0.2, 0.25) is 0 Å². The number of nitro benzene ring substituents is 1. The summed E-state index contributed by atoms with van der Waals surface area (Å²) in [7, 11) is 0. The highest BCUT2D eigenvalue weighted by Gasteiger charge is 2.22. The minimum absolute atomic E-state index is 0.0475. The van der Waals surface area contributed by atoms with Gasteiger partial charge < -0.3 is 5.32 Å². The summed E-state index contributed by atoms with van der Waals surface area (Å²) in [5.74, 6) is -1.87. The molecule has 0 bridgehead atoms. The molecule has 0 spiro atoms. The average molecular weight is 272 g/mol. The maximum absolute atomic E-state index is 13.7. The topological polar surface area (TPSA) is 55.2 Å². The van der Waals surface area contributed by atoms with Gasteiger partial charge in [0.25, 0.3) is 5.69 Å². The van der Waals surface area contributed by atoms with Crippen LogP contribution in [-0.4, -0.2) is 11.0 Å². The second kappa shape index (κ2) is 7.01. The van der Waals surface area contributed by atoms with Crippen LogP contribution >= 0.6 is 0 Å². The number of anilines is 1. The summed E-state index contributed by atoms with van der Waals surface area (Å²) < 4.78 is 26.7. The summed E-state index contributed by atoms with van der Waals surface area (Å²) in [6.45, 7) is 3.97. The third kappa shape index (κ3) is 4.15. The largest absolute Gasteiger partial charge is 0.374 e. The van der Waals surface area contributed by atoms with Gasteiger partial charge in [0.05, 0.1) is 11.0 Å².